The van der Waals surface area contributed by atoms with Gasteiger partial charge in [0.05, 0.1) is 25.8 Å². The summed E-state index contributed by atoms with van der Waals surface area (Å²) in [5.41, 5.74) is 3.81. The van der Waals surface area contributed by atoms with E-state index in [4.69, 9.17) is 31.2 Å². The summed E-state index contributed by atoms with van der Waals surface area (Å²) in [5.74, 6) is 3.12. The number of benzene rings is 2. The van der Waals surface area contributed by atoms with Crippen molar-refractivity contribution in [3.05, 3.63) is 65.7 Å². The maximum atomic E-state index is 5.81. The molecule has 4 rings (SSSR count). The molecule has 178 valence electrons. The number of ether oxygens (including phenoxy) is 2. The third-order valence-electron chi connectivity index (χ3n) is 5.98. The lowest BCUT2D eigenvalue weighted by molar-refractivity contribution is 0.390. The number of nitrogens with zero attached hydrogens (tertiary/aromatic N) is 3. The van der Waals surface area contributed by atoms with Crippen LogP contribution in [0, 0.1) is 5.92 Å². The number of nitrogens with one attached hydrogen (secondary N) is 1. The number of aromatic nitrogens is 2. The Morgan fingerprint density at radius 2 is 1.65 bits per heavy atom. The smallest absolute Gasteiger partial charge is 0.258 e. The SMILES string of the molecule is COc1ccc(-c2noc(C3=C(C)N(CCC(C)C)C(=S)NC3c3ccc(OC)cc3)n2)cc1. The predicted molar refractivity (Wildman–Crippen MR) is 137 cm³/mol. The van der Waals surface area contributed by atoms with E-state index in [2.05, 4.69) is 36.1 Å². The molecule has 1 aromatic heterocycles. The molecule has 0 spiro atoms. The lowest BCUT2D eigenvalue weighted by Gasteiger charge is -2.37. The molecule has 0 aliphatic carbocycles. The Hall–Kier alpha value is -3.39. The van der Waals surface area contributed by atoms with Gasteiger partial charge in [0.25, 0.3) is 5.89 Å². The first-order chi connectivity index (χ1) is 16.4. The van der Waals surface area contributed by atoms with Crippen molar-refractivity contribution in [2.24, 2.45) is 5.92 Å². The van der Waals surface area contributed by atoms with Crippen LogP contribution in [0.1, 0.15) is 44.7 Å². The summed E-state index contributed by atoms with van der Waals surface area (Å²) in [5, 5.41) is 8.46. The lowest BCUT2D eigenvalue weighted by Crippen LogP contribution is -2.46. The van der Waals surface area contributed by atoms with E-state index in [1.807, 2.05) is 48.5 Å². The highest BCUT2D eigenvalue weighted by Crippen LogP contribution is 2.38. The van der Waals surface area contributed by atoms with Gasteiger partial charge < -0.3 is 24.2 Å². The molecule has 0 fully saturated rings. The van der Waals surface area contributed by atoms with Crippen molar-refractivity contribution in [2.45, 2.75) is 33.2 Å². The van der Waals surface area contributed by atoms with Gasteiger partial charge in [-0.15, -0.1) is 0 Å². The zero-order valence-corrected chi connectivity index (χ0v) is 21.0. The van der Waals surface area contributed by atoms with Gasteiger partial charge in [0.1, 0.15) is 11.5 Å². The van der Waals surface area contributed by atoms with Gasteiger partial charge in [0.2, 0.25) is 5.82 Å². The maximum absolute atomic E-state index is 5.81. The number of rotatable bonds is 8. The van der Waals surface area contributed by atoms with Crippen LogP contribution in [0.4, 0.5) is 0 Å². The molecule has 1 aliphatic heterocycles. The molecule has 1 N–H and O–H groups in total. The Morgan fingerprint density at radius 1 is 1.03 bits per heavy atom. The first kappa shape index (κ1) is 23.8. The summed E-state index contributed by atoms with van der Waals surface area (Å²) in [6.45, 7) is 7.30. The number of thiocarbonyl (C=S) groups is 1. The van der Waals surface area contributed by atoms with Crippen molar-refractivity contribution in [2.75, 3.05) is 20.8 Å². The van der Waals surface area contributed by atoms with Crippen molar-refractivity contribution < 1.29 is 14.0 Å². The largest absolute Gasteiger partial charge is 0.497 e. The Kier molecular flexibility index (Phi) is 7.17. The molecule has 8 heteroatoms. The van der Waals surface area contributed by atoms with Gasteiger partial charge in [-0.3, -0.25) is 0 Å². The fourth-order valence-corrected chi connectivity index (χ4v) is 4.30. The average molecular weight is 479 g/mol. The first-order valence-corrected chi connectivity index (χ1v) is 11.7. The normalized spacial score (nSPS) is 16.1. The van der Waals surface area contributed by atoms with E-state index in [0.717, 1.165) is 46.9 Å². The zero-order chi connectivity index (χ0) is 24.2. The predicted octanol–water partition coefficient (Wildman–Crippen LogP) is 5.46. The van der Waals surface area contributed by atoms with Crippen molar-refractivity contribution in [1.82, 2.24) is 20.4 Å². The van der Waals surface area contributed by atoms with Crippen LogP contribution in [0.2, 0.25) is 0 Å². The molecule has 0 bridgehead atoms. The van der Waals surface area contributed by atoms with Crippen LogP contribution < -0.4 is 14.8 Å². The summed E-state index contributed by atoms with van der Waals surface area (Å²) < 4.78 is 16.4. The van der Waals surface area contributed by atoms with Crippen LogP contribution in [0.25, 0.3) is 17.0 Å². The minimum atomic E-state index is -0.224. The number of hydrogen-bond donors (Lipinski definition) is 1. The quantitative estimate of drug-likeness (QED) is 0.428. The molecule has 2 heterocycles. The summed E-state index contributed by atoms with van der Waals surface area (Å²) in [6, 6.07) is 15.3. The molecule has 1 aliphatic rings. The number of hydrogen-bond acceptors (Lipinski definition) is 6. The minimum Gasteiger partial charge on any atom is -0.497 e. The van der Waals surface area contributed by atoms with Crippen LogP contribution in [-0.2, 0) is 0 Å². The molecular formula is C26H30N4O3S. The van der Waals surface area contributed by atoms with Crippen molar-refractivity contribution in [3.63, 3.8) is 0 Å². The molecule has 3 aromatic rings. The number of methoxy groups -OCH3 is 2. The van der Waals surface area contributed by atoms with Crippen LogP contribution in [0.5, 0.6) is 11.5 Å². The second kappa shape index (κ2) is 10.3. The van der Waals surface area contributed by atoms with Crippen LogP contribution in [-0.4, -0.2) is 40.9 Å². The monoisotopic (exact) mass is 478 g/mol. The third-order valence-corrected chi connectivity index (χ3v) is 6.32. The van der Waals surface area contributed by atoms with Crippen LogP contribution in [0.3, 0.4) is 0 Å². The molecule has 0 amide bonds. The second-order valence-electron chi connectivity index (χ2n) is 8.64. The van der Waals surface area contributed by atoms with E-state index >= 15 is 0 Å². The summed E-state index contributed by atoms with van der Waals surface area (Å²) in [7, 11) is 3.30. The van der Waals surface area contributed by atoms with Gasteiger partial charge >= 0.3 is 0 Å². The molecule has 1 unspecified atom stereocenters. The first-order valence-electron chi connectivity index (χ1n) is 11.3. The van der Waals surface area contributed by atoms with Crippen molar-refractivity contribution in [3.8, 4) is 22.9 Å². The molecule has 0 radical (unpaired) electrons. The molecular weight excluding hydrogens is 448 g/mol. The van der Waals surface area contributed by atoms with Crippen LogP contribution in [0.15, 0.2) is 58.8 Å². The summed E-state index contributed by atoms with van der Waals surface area (Å²) in [4.78, 5) is 6.89. The van der Waals surface area contributed by atoms with Crippen molar-refractivity contribution >= 4 is 22.9 Å². The van der Waals surface area contributed by atoms with E-state index in [0.29, 0.717) is 22.7 Å². The third kappa shape index (κ3) is 4.92. The van der Waals surface area contributed by atoms with Gasteiger partial charge in [0, 0.05) is 17.8 Å². The molecule has 2 aromatic carbocycles. The van der Waals surface area contributed by atoms with Crippen LogP contribution >= 0.6 is 12.2 Å². The van der Waals surface area contributed by atoms with Gasteiger partial charge in [-0.2, -0.15) is 4.98 Å². The molecule has 0 saturated carbocycles. The van der Waals surface area contributed by atoms with Gasteiger partial charge in [-0.25, -0.2) is 0 Å². The summed E-state index contributed by atoms with van der Waals surface area (Å²) >= 11 is 5.77. The van der Waals surface area contributed by atoms with Gasteiger partial charge in [-0.1, -0.05) is 31.1 Å². The fourth-order valence-electron chi connectivity index (χ4n) is 3.95. The summed E-state index contributed by atoms with van der Waals surface area (Å²) in [6.07, 6.45) is 1.01. The number of allylic oxidation sites excluding steroid dienone is 1. The highest BCUT2D eigenvalue weighted by Gasteiger charge is 2.34. The minimum absolute atomic E-state index is 0.224. The molecule has 1 atom stereocenters. The van der Waals surface area contributed by atoms with E-state index in [-0.39, 0.29) is 6.04 Å². The highest BCUT2D eigenvalue weighted by molar-refractivity contribution is 7.80. The zero-order valence-electron chi connectivity index (χ0n) is 20.2. The van der Waals surface area contributed by atoms with E-state index in [1.54, 1.807) is 14.2 Å². The van der Waals surface area contributed by atoms with Crippen molar-refractivity contribution in [1.29, 1.82) is 0 Å². The second-order valence-corrected chi connectivity index (χ2v) is 9.03. The standard InChI is InChI=1S/C26H30N4O3S/c1-16(2)14-15-30-17(3)22(23(27-26(30)34)18-6-10-20(31-4)11-7-18)25-28-24(29-33-25)19-8-12-21(32-5)13-9-19/h6-13,16,23H,14-15H2,1-5H3,(H,27,34). The molecule has 7 nitrogen and oxygen atoms in total. The van der Waals surface area contributed by atoms with Gasteiger partial charge in [-0.05, 0) is 73.4 Å². The maximum Gasteiger partial charge on any atom is 0.258 e. The Balaban J connectivity index is 1.75. The van der Waals surface area contributed by atoms with E-state index < -0.39 is 0 Å². The highest BCUT2D eigenvalue weighted by atomic mass is 32.1. The molecule has 34 heavy (non-hydrogen) atoms. The fraction of sp³-hybridized carbons (Fsp3) is 0.346. The van der Waals surface area contributed by atoms with Gasteiger partial charge in [0.15, 0.2) is 5.11 Å². The Bertz CT molecular complexity index is 1170. The van der Waals surface area contributed by atoms with E-state index in [1.165, 1.54) is 0 Å². The Labute approximate surface area is 205 Å². The van der Waals surface area contributed by atoms with E-state index in [9.17, 15) is 0 Å². The topological polar surface area (TPSA) is 72.7 Å². The molecule has 0 saturated heterocycles. The lowest BCUT2D eigenvalue weighted by atomic mass is 9.94. The Morgan fingerprint density at radius 3 is 2.24 bits per heavy atom. The average Bonchev–Trinajstić information content (AvgIpc) is 3.33.